The second-order valence-electron chi connectivity index (χ2n) is 3.98. The van der Waals surface area contributed by atoms with Gasteiger partial charge in [0.1, 0.15) is 5.82 Å². The Balaban J connectivity index is 2.53. The lowest BCUT2D eigenvalue weighted by Crippen LogP contribution is -2.18. The van der Waals surface area contributed by atoms with Crippen LogP contribution in [0.1, 0.15) is 32.4 Å². The summed E-state index contributed by atoms with van der Waals surface area (Å²) >= 11 is 0. The van der Waals surface area contributed by atoms with E-state index < -0.39 is 0 Å². The maximum atomic E-state index is 5.64. The quantitative estimate of drug-likeness (QED) is 0.726. The molecule has 1 heterocycles. The number of rotatable bonds is 4. The molecule has 0 fully saturated rings. The normalized spacial score (nSPS) is 13.6. The molecule has 0 spiro atoms. The molecule has 0 radical (unpaired) electrons. The number of nitrogens with two attached hydrogens (primary N) is 1. The van der Waals surface area contributed by atoms with Crippen LogP contribution in [0.25, 0.3) is 0 Å². The summed E-state index contributed by atoms with van der Waals surface area (Å²) in [6.07, 6.45) is 1.69. The zero-order chi connectivity index (χ0) is 9.84. The van der Waals surface area contributed by atoms with Crippen molar-refractivity contribution < 1.29 is 0 Å². The predicted molar refractivity (Wildman–Crippen MR) is 52.3 cm³/mol. The van der Waals surface area contributed by atoms with Gasteiger partial charge in [-0.25, -0.2) is 4.98 Å². The minimum atomic E-state index is 0.127. The van der Waals surface area contributed by atoms with Crippen molar-refractivity contribution in [2.24, 2.45) is 11.7 Å². The first kappa shape index (κ1) is 10.2. The molecule has 4 nitrogen and oxygen atoms in total. The van der Waals surface area contributed by atoms with Crippen molar-refractivity contribution in [2.45, 2.75) is 39.7 Å². The van der Waals surface area contributed by atoms with Crippen LogP contribution >= 0.6 is 0 Å². The molecule has 0 bridgehead atoms. The summed E-state index contributed by atoms with van der Waals surface area (Å²) < 4.78 is 0. The zero-order valence-corrected chi connectivity index (χ0v) is 8.54. The molecule has 74 valence electrons. The Morgan fingerprint density at radius 1 is 1.31 bits per heavy atom. The van der Waals surface area contributed by atoms with Crippen molar-refractivity contribution in [1.29, 1.82) is 0 Å². The maximum absolute atomic E-state index is 5.64. The summed E-state index contributed by atoms with van der Waals surface area (Å²) in [7, 11) is 0. The van der Waals surface area contributed by atoms with E-state index in [4.69, 9.17) is 5.73 Å². The van der Waals surface area contributed by atoms with Crippen molar-refractivity contribution in [1.82, 2.24) is 15.2 Å². The van der Waals surface area contributed by atoms with Crippen LogP contribution in [0.15, 0.2) is 0 Å². The molecule has 3 N–H and O–H groups in total. The number of aromatic nitrogens is 3. The van der Waals surface area contributed by atoms with Crippen LogP contribution in [-0.2, 0) is 12.8 Å². The Morgan fingerprint density at radius 3 is 2.54 bits per heavy atom. The van der Waals surface area contributed by atoms with Crippen molar-refractivity contribution in [2.75, 3.05) is 0 Å². The Kier molecular flexibility index (Phi) is 3.42. The summed E-state index contributed by atoms with van der Waals surface area (Å²) in [4.78, 5) is 4.34. The summed E-state index contributed by atoms with van der Waals surface area (Å²) in [5.74, 6) is 2.40. The molecule has 0 aliphatic heterocycles. The molecule has 0 saturated heterocycles. The lowest BCUT2D eigenvalue weighted by atomic mass is 10.1. The van der Waals surface area contributed by atoms with Gasteiger partial charge >= 0.3 is 0 Å². The standard InChI is InChI=1S/C9H18N4/c1-6(2)4-8-11-9(13-12-8)5-7(3)10/h6-7H,4-5,10H2,1-3H3,(H,11,12,13). The molecular weight excluding hydrogens is 164 g/mol. The van der Waals surface area contributed by atoms with Crippen LogP contribution in [0.2, 0.25) is 0 Å². The van der Waals surface area contributed by atoms with Crippen molar-refractivity contribution in [3.8, 4) is 0 Å². The Hall–Kier alpha value is -0.900. The third-order valence-corrected chi connectivity index (χ3v) is 1.68. The van der Waals surface area contributed by atoms with Gasteiger partial charge in [0.25, 0.3) is 0 Å². The van der Waals surface area contributed by atoms with Crippen molar-refractivity contribution in [3.63, 3.8) is 0 Å². The third-order valence-electron chi connectivity index (χ3n) is 1.68. The summed E-state index contributed by atoms with van der Waals surface area (Å²) in [6, 6.07) is 0.127. The maximum Gasteiger partial charge on any atom is 0.152 e. The van der Waals surface area contributed by atoms with E-state index in [2.05, 4.69) is 29.0 Å². The lowest BCUT2D eigenvalue weighted by Gasteiger charge is -1.99. The van der Waals surface area contributed by atoms with E-state index in [1.807, 2.05) is 6.92 Å². The third kappa shape index (κ3) is 3.55. The molecule has 0 aliphatic carbocycles. The van der Waals surface area contributed by atoms with Gasteiger partial charge in [-0.15, -0.1) is 0 Å². The zero-order valence-electron chi connectivity index (χ0n) is 8.54. The van der Waals surface area contributed by atoms with Crippen LogP contribution < -0.4 is 5.73 Å². The molecule has 13 heavy (non-hydrogen) atoms. The molecule has 0 amide bonds. The molecule has 1 atom stereocenters. The van der Waals surface area contributed by atoms with E-state index in [1.165, 1.54) is 0 Å². The lowest BCUT2D eigenvalue weighted by molar-refractivity contribution is 0.622. The number of hydrogen-bond donors (Lipinski definition) is 2. The van der Waals surface area contributed by atoms with E-state index >= 15 is 0 Å². The Labute approximate surface area is 78.9 Å². The predicted octanol–water partition coefficient (Wildman–Crippen LogP) is 0.893. The monoisotopic (exact) mass is 182 g/mol. The van der Waals surface area contributed by atoms with Gasteiger partial charge in [0.2, 0.25) is 0 Å². The van der Waals surface area contributed by atoms with Gasteiger partial charge in [0, 0.05) is 18.9 Å². The fraction of sp³-hybridized carbons (Fsp3) is 0.778. The van der Waals surface area contributed by atoms with E-state index in [-0.39, 0.29) is 6.04 Å². The van der Waals surface area contributed by atoms with E-state index in [0.717, 1.165) is 24.5 Å². The van der Waals surface area contributed by atoms with Crippen LogP contribution in [0.3, 0.4) is 0 Å². The fourth-order valence-corrected chi connectivity index (χ4v) is 1.19. The second kappa shape index (κ2) is 4.37. The van der Waals surface area contributed by atoms with Gasteiger partial charge in [0.15, 0.2) is 5.82 Å². The van der Waals surface area contributed by atoms with Gasteiger partial charge in [0.05, 0.1) is 0 Å². The molecule has 1 unspecified atom stereocenters. The number of aromatic amines is 1. The second-order valence-corrected chi connectivity index (χ2v) is 3.98. The van der Waals surface area contributed by atoms with Gasteiger partial charge in [-0.1, -0.05) is 13.8 Å². The minimum Gasteiger partial charge on any atom is -0.328 e. The number of H-pyrrole nitrogens is 1. The van der Waals surface area contributed by atoms with Crippen molar-refractivity contribution >= 4 is 0 Å². The molecule has 0 saturated carbocycles. The molecule has 4 heteroatoms. The number of hydrogen-bond acceptors (Lipinski definition) is 3. The highest BCUT2D eigenvalue weighted by molar-refractivity contribution is 4.92. The van der Waals surface area contributed by atoms with Gasteiger partial charge in [-0.3, -0.25) is 5.10 Å². The highest BCUT2D eigenvalue weighted by atomic mass is 15.2. The van der Waals surface area contributed by atoms with Gasteiger partial charge in [-0.2, -0.15) is 5.10 Å². The average molecular weight is 182 g/mol. The molecule has 0 aromatic carbocycles. The fourth-order valence-electron chi connectivity index (χ4n) is 1.19. The first-order valence-corrected chi connectivity index (χ1v) is 4.73. The van der Waals surface area contributed by atoms with E-state index in [0.29, 0.717) is 5.92 Å². The highest BCUT2D eigenvalue weighted by Gasteiger charge is 2.06. The van der Waals surface area contributed by atoms with Crippen LogP contribution in [0, 0.1) is 5.92 Å². The molecule has 0 aliphatic rings. The number of nitrogens with zero attached hydrogens (tertiary/aromatic N) is 2. The van der Waals surface area contributed by atoms with Crippen molar-refractivity contribution in [3.05, 3.63) is 11.6 Å². The summed E-state index contributed by atoms with van der Waals surface area (Å²) in [5, 5.41) is 7.02. The largest absolute Gasteiger partial charge is 0.328 e. The first-order valence-electron chi connectivity index (χ1n) is 4.73. The average Bonchev–Trinajstić information content (AvgIpc) is 2.33. The highest BCUT2D eigenvalue weighted by Crippen LogP contribution is 2.03. The van der Waals surface area contributed by atoms with Crippen LogP contribution in [0.5, 0.6) is 0 Å². The first-order chi connectivity index (χ1) is 6.08. The van der Waals surface area contributed by atoms with E-state index in [9.17, 15) is 0 Å². The van der Waals surface area contributed by atoms with E-state index in [1.54, 1.807) is 0 Å². The molecule has 1 aromatic heterocycles. The molecule has 1 aromatic rings. The Bertz CT molecular complexity index is 227. The topological polar surface area (TPSA) is 67.6 Å². The smallest absolute Gasteiger partial charge is 0.152 e. The number of nitrogens with one attached hydrogen (secondary N) is 1. The van der Waals surface area contributed by atoms with Gasteiger partial charge in [-0.05, 0) is 12.8 Å². The van der Waals surface area contributed by atoms with Crippen LogP contribution in [0.4, 0.5) is 0 Å². The SMILES string of the molecule is CC(C)Cc1nc(CC(C)N)n[nH]1. The Morgan fingerprint density at radius 2 is 2.00 bits per heavy atom. The van der Waals surface area contributed by atoms with Crippen LogP contribution in [-0.4, -0.2) is 21.2 Å². The molecular formula is C9H18N4. The molecule has 1 rings (SSSR count). The summed E-state index contributed by atoms with van der Waals surface area (Å²) in [6.45, 7) is 6.28. The summed E-state index contributed by atoms with van der Waals surface area (Å²) in [5.41, 5.74) is 5.64. The van der Waals surface area contributed by atoms with Gasteiger partial charge < -0.3 is 5.73 Å². The minimum absolute atomic E-state index is 0.127.